The maximum atomic E-state index is 5.93. The number of ether oxygens (including phenoxy) is 1. The molecule has 0 aliphatic rings. The molecule has 1 aromatic rings. The van der Waals surface area contributed by atoms with Crippen molar-refractivity contribution in [1.82, 2.24) is 0 Å². The first-order chi connectivity index (χ1) is 11.7. The van der Waals surface area contributed by atoms with Crippen LogP contribution in [0, 0.1) is 13.8 Å². The maximum absolute atomic E-state index is 5.93. The fraction of sp³-hybridized carbons (Fsp3) is 0.696. The highest BCUT2D eigenvalue weighted by atomic mass is 16.5. The van der Waals surface area contributed by atoms with E-state index in [4.69, 9.17) is 4.74 Å². The van der Waals surface area contributed by atoms with E-state index in [0.29, 0.717) is 0 Å². The zero-order valence-corrected chi connectivity index (χ0v) is 16.2. The minimum atomic E-state index is 0.0780. The van der Waals surface area contributed by atoms with E-state index in [0.717, 1.165) is 12.2 Å². The standard InChI is InChI=1S/C23H39O/c1-4-5-6-7-8-9-10-11-12-13-14-15-19-22(3)24-23-20-17-16-18-21(23)2/h16-18,20,22H,3-15,19H2,1-2H3. The van der Waals surface area contributed by atoms with Gasteiger partial charge in [0.1, 0.15) is 5.75 Å². The molecule has 137 valence electrons. The Hall–Kier alpha value is -0.980. The summed E-state index contributed by atoms with van der Waals surface area (Å²) in [5.41, 5.74) is 1.20. The van der Waals surface area contributed by atoms with Crippen LogP contribution in [0.15, 0.2) is 24.3 Å². The molecule has 1 atom stereocenters. The van der Waals surface area contributed by atoms with E-state index >= 15 is 0 Å². The number of rotatable bonds is 15. The maximum Gasteiger partial charge on any atom is 0.122 e. The molecule has 0 amide bonds. The lowest BCUT2D eigenvalue weighted by Gasteiger charge is -2.16. The quantitative estimate of drug-likeness (QED) is 0.300. The van der Waals surface area contributed by atoms with Crippen LogP contribution in [0.4, 0.5) is 0 Å². The highest BCUT2D eigenvalue weighted by Gasteiger charge is 2.05. The minimum absolute atomic E-state index is 0.0780. The van der Waals surface area contributed by atoms with Gasteiger partial charge in [0.2, 0.25) is 0 Å². The molecule has 0 bridgehead atoms. The Kier molecular flexibility index (Phi) is 12.6. The van der Waals surface area contributed by atoms with Gasteiger partial charge in [-0.05, 0) is 38.3 Å². The van der Waals surface area contributed by atoms with E-state index in [1.54, 1.807) is 0 Å². The molecule has 1 rings (SSSR count). The van der Waals surface area contributed by atoms with Crippen LogP contribution < -0.4 is 4.74 Å². The molecule has 0 aliphatic carbocycles. The normalized spacial score (nSPS) is 12.3. The molecule has 1 unspecified atom stereocenters. The average molecular weight is 332 g/mol. The summed E-state index contributed by atoms with van der Waals surface area (Å²) in [5.74, 6) is 0.983. The van der Waals surface area contributed by atoms with Crippen molar-refractivity contribution in [3.05, 3.63) is 36.8 Å². The first-order valence-corrected chi connectivity index (χ1v) is 10.3. The summed E-state index contributed by atoms with van der Waals surface area (Å²) < 4.78 is 5.93. The van der Waals surface area contributed by atoms with E-state index in [2.05, 4.69) is 26.8 Å². The molecule has 0 saturated heterocycles. The second kappa shape index (κ2) is 14.4. The Labute approximate surface area is 151 Å². The lowest BCUT2D eigenvalue weighted by atomic mass is 10.0. The summed E-state index contributed by atoms with van der Waals surface area (Å²) in [6.45, 7) is 8.51. The molecule has 1 heteroatoms. The topological polar surface area (TPSA) is 9.23 Å². The van der Waals surface area contributed by atoms with E-state index in [1.165, 1.54) is 82.6 Å². The van der Waals surface area contributed by atoms with E-state index in [1.807, 2.05) is 18.2 Å². The summed E-state index contributed by atoms with van der Waals surface area (Å²) in [6, 6.07) is 8.20. The highest BCUT2D eigenvalue weighted by Crippen LogP contribution is 2.20. The van der Waals surface area contributed by atoms with Crippen molar-refractivity contribution in [2.45, 2.75) is 103 Å². The van der Waals surface area contributed by atoms with Crippen molar-refractivity contribution < 1.29 is 4.74 Å². The van der Waals surface area contributed by atoms with Crippen LogP contribution in [0.2, 0.25) is 0 Å². The molecule has 0 fully saturated rings. The van der Waals surface area contributed by atoms with Crippen LogP contribution in [0.5, 0.6) is 5.75 Å². The molecule has 0 aliphatic heterocycles. The van der Waals surface area contributed by atoms with Crippen molar-refractivity contribution in [1.29, 1.82) is 0 Å². The largest absolute Gasteiger partial charge is 0.490 e. The highest BCUT2D eigenvalue weighted by molar-refractivity contribution is 5.31. The van der Waals surface area contributed by atoms with Crippen LogP contribution >= 0.6 is 0 Å². The molecular formula is C23H39O. The monoisotopic (exact) mass is 331 g/mol. The third-order valence-corrected chi connectivity index (χ3v) is 4.77. The number of para-hydroxylation sites is 1. The van der Waals surface area contributed by atoms with Crippen molar-refractivity contribution in [3.8, 4) is 5.75 Å². The lowest BCUT2D eigenvalue weighted by Crippen LogP contribution is -2.12. The van der Waals surface area contributed by atoms with E-state index < -0.39 is 0 Å². The van der Waals surface area contributed by atoms with Gasteiger partial charge in [0.25, 0.3) is 0 Å². The third-order valence-electron chi connectivity index (χ3n) is 4.77. The SMILES string of the molecule is [CH2]C(CCCCCCCCCCCCCC)Oc1ccccc1C. The van der Waals surface area contributed by atoms with Gasteiger partial charge in [-0.2, -0.15) is 0 Å². The van der Waals surface area contributed by atoms with Crippen LogP contribution in [0.3, 0.4) is 0 Å². The fourth-order valence-corrected chi connectivity index (χ4v) is 3.14. The van der Waals surface area contributed by atoms with Gasteiger partial charge in [0, 0.05) is 0 Å². The number of benzene rings is 1. The number of hydrogen-bond donors (Lipinski definition) is 0. The second-order valence-electron chi connectivity index (χ2n) is 7.18. The van der Waals surface area contributed by atoms with Gasteiger partial charge in [-0.25, -0.2) is 0 Å². The molecule has 0 heterocycles. The van der Waals surface area contributed by atoms with Gasteiger partial charge in [-0.1, -0.05) is 95.8 Å². The van der Waals surface area contributed by atoms with Gasteiger partial charge in [-0.15, -0.1) is 0 Å². The van der Waals surface area contributed by atoms with Crippen molar-refractivity contribution in [2.75, 3.05) is 0 Å². The number of hydrogen-bond acceptors (Lipinski definition) is 1. The molecule has 0 saturated carbocycles. The van der Waals surface area contributed by atoms with Gasteiger partial charge < -0.3 is 4.74 Å². The molecule has 1 radical (unpaired) electrons. The van der Waals surface area contributed by atoms with Crippen LogP contribution in [0.1, 0.15) is 96.0 Å². The third kappa shape index (κ3) is 10.7. The molecule has 0 spiro atoms. The number of aryl methyl sites for hydroxylation is 1. The second-order valence-corrected chi connectivity index (χ2v) is 7.18. The number of unbranched alkanes of at least 4 members (excludes halogenated alkanes) is 11. The van der Waals surface area contributed by atoms with Crippen molar-refractivity contribution in [2.24, 2.45) is 0 Å². The van der Waals surface area contributed by atoms with Crippen molar-refractivity contribution >= 4 is 0 Å². The first-order valence-electron chi connectivity index (χ1n) is 10.3. The Balaban J connectivity index is 1.89. The molecule has 24 heavy (non-hydrogen) atoms. The zero-order chi connectivity index (χ0) is 17.5. The molecule has 1 nitrogen and oxygen atoms in total. The van der Waals surface area contributed by atoms with Gasteiger partial charge >= 0.3 is 0 Å². The van der Waals surface area contributed by atoms with E-state index in [-0.39, 0.29) is 6.10 Å². The van der Waals surface area contributed by atoms with E-state index in [9.17, 15) is 0 Å². The molecule has 0 N–H and O–H groups in total. The summed E-state index contributed by atoms with van der Waals surface area (Å²) in [6.07, 6.45) is 17.8. The summed E-state index contributed by atoms with van der Waals surface area (Å²) in [5, 5.41) is 0. The minimum Gasteiger partial charge on any atom is -0.490 e. The van der Waals surface area contributed by atoms with Gasteiger partial charge in [-0.3, -0.25) is 0 Å². The molecule has 0 aromatic heterocycles. The van der Waals surface area contributed by atoms with Crippen LogP contribution in [-0.2, 0) is 0 Å². The average Bonchev–Trinajstić information content (AvgIpc) is 2.58. The summed E-state index contributed by atoms with van der Waals surface area (Å²) in [7, 11) is 0. The van der Waals surface area contributed by atoms with Gasteiger partial charge in [0.15, 0.2) is 0 Å². The summed E-state index contributed by atoms with van der Waals surface area (Å²) in [4.78, 5) is 0. The fourth-order valence-electron chi connectivity index (χ4n) is 3.14. The Morgan fingerprint density at radius 2 is 1.29 bits per heavy atom. The Morgan fingerprint density at radius 3 is 1.83 bits per heavy atom. The van der Waals surface area contributed by atoms with Crippen LogP contribution in [0.25, 0.3) is 0 Å². The predicted octanol–water partition coefficient (Wildman–Crippen LogP) is 7.67. The van der Waals surface area contributed by atoms with Crippen LogP contribution in [-0.4, -0.2) is 6.10 Å². The smallest absolute Gasteiger partial charge is 0.122 e. The lowest BCUT2D eigenvalue weighted by molar-refractivity contribution is 0.229. The zero-order valence-electron chi connectivity index (χ0n) is 16.2. The molecular weight excluding hydrogens is 292 g/mol. The predicted molar refractivity (Wildman–Crippen MR) is 107 cm³/mol. The van der Waals surface area contributed by atoms with Crippen molar-refractivity contribution in [3.63, 3.8) is 0 Å². The summed E-state index contributed by atoms with van der Waals surface area (Å²) >= 11 is 0. The van der Waals surface area contributed by atoms with Gasteiger partial charge in [0.05, 0.1) is 6.10 Å². The Bertz CT molecular complexity index is 399. The first kappa shape index (κ1) is 21.1. The molecule has 1 aromatic carbocycles. The Morgan fingerprint density at radius 1 is 0.792 bits per heavy atom.